The van der Waals surface area contributed by atoms with Crippen LogP contribution in [-0.2, 0) is 22.6 Å². The lowest BCUT2D eigenvalue weighted by molar-refractivity contribution is -0.137. The van der Waals surface area contributed by atoms with Gasteiger partial charge in [-0.25, -0.2) is 4.39 Å². The van der Waals surface area contributed by atoms with Crippen molar-refractivity contribution < 1.29 is 28.6 Å². The summed E-state index contributed by atoms with van der Waals surface area (Å²) in [6.07, 6.45) is 0.217. The van der Waals surface area contributed by atoms with Crippen LogP contribution in [0.15, 0.2) is 42.5 Å². The smallest absolute Gasteiger partial charge is 0.303 e. The number of aliphatic carboxylic acids is 1. The fourth-order valence-electron chi connectivity index (χ4n) is 2.14. The number of carbonyl (C=O) groups is 2. The lowest BCUT2D eigenvalue weighted by Crippen LogP contribution is -2.07. The number of Topliss-reactive ketones (excluding diaryl/α,β-unsaturated/α-hetero) is 1. The Labute approximate surface area is 145 Å². The maximum Gasteiger partial charge on any atom is 0.303 e. The standard InChI is InChI=1S/C19H19FO5/c1-13(21)11-24-16-4-2-3-15(9-16)12-25-18-7-5-14(10-17(18)20)6-8-19(22)23/h2-5,7,9-10H,6,8,11-12H2,1H3,(H,22,23). The molecule has 0 saturated heterocycles. The molecule has 2 rings (SSSR count). The molecule has 0 bridgehead atoms. The first-order chi connectivity index (χ1) is 11.9. The van der Waals surface area contributed by atoms with E-state index in [4.69, 9.17) is 14.6 Å². The molecule has 0 spiro atoms. The van der Waals surface area contributed by atoms with Crippen LogP contribution in [0.2, 0.25) is 0 Å². The van der Waals surface area contributed by atoms with E-state index in [1.54, 1.807) is 30.3 Å². The van der Waals surface area contributed by atoms with Gasteiger partial charge in [0.25, 0.3) is 0 Å². The Balaban J connectivity index is 1.95. The van der Waals surface area contributed by atoms with E-state index < -0.39 is 11.8 Å². The predicted molar refractivity (Wildman–Crippen MR) is 89.3 cm³/mol. The van der Waals surface area contributed by atoms with Crippen LogP contribution in [0.3, 0.4) is 0 Å². The molecular weight excluding hydrogens is 327 g/mol. The molecule has 6 heteroatoms. The van der Waals surface area contributed by atoms with Crippen LogP contribution in [0.4, 0.5) is 4.39 Å². The zero-order chi connectivity index (χ0) is 18.2. The van der Waals surface area contributed by atoms with Gasteiger partial charge in [-0.15, -0.1) is 0 Å². The Kier molecular flexibility index (Phi) is 6.51. The van der Waals surface area contributed by atoms with Gasteiger partial charge in [0.1, 0.15) is 19.0 Å². The summed E-state index contributed by atoms with van der Waals surface area (Å²) in [7, 11) is 0. The molecule has 0 unspecified atom stereocenters. The topological polar surface area (TPSA) is 72.8 Å². The third kappa shape index (κ3) is 6.25. The minimum atomic E-state index is -0.924. The third-order valence-electron chi connectivity index (χ3n) is 3.36. The summed E-state index contributed by atoms with van der Waals surface area (Å²) < 4.78 is 24.8. The summed E-state index contributed by atoms with van der Waals surface area (Å²) in [5.41, 5.74) is 1.38. The molecule has 0 saturated carbocycles. The molecule has 0 atom stereocenters. The molecule has 0 radical (unpaired) electrons. The second-order valence-electron chi connectivity index (χ2n) is 5.59. The number of ether oxygens (including phenoxy) is 2. The van der Waals surface area contributed by atoms with Crippen molar-refractivity contribution in [3.63, 3.8) is 0 Å². The fraction of sp³-hybridized carbons (Fsp3) is 0.263. The number of hydrogen-bond donors (Lipinski definition) is 1. The molecule has 1 N–H and O–H groups in total. The molecule has 0 aliphatic heterocycles. The first-order valence-corrected chi connectivity index (χ1v) is 7.78. The van der Waals surface area contributed by atoms with Gasteiger partial charge in [0.2, 0.25) is 0 Å². The molecule has 132 valence electrons. The maximum absolute atomic E-state index is 14.0. The Morgan fingerprint density at radius 2 is 1.88 bits per heavy atom. The largest absolute Gasteiger partial charge is 0.486 e. The van der Waals surface area contributed by atoms with Crippen molar-refractivity contribution in [2.24, 2.45) is 0 Å². The first kappa shape index (κ1) is 18.4. The van der Waals surface area contributed by atoms with Crippen LogP contribution < -0.4 is 9.47 Å². The van der Waals surface area contributed by atoms with Gasteiger partial charge in [-0.2, -0.15) is 0 Å². The minimum absolute atomic E-state index is 0.00323. The van der Waals surface area contributed by atoms with Crippen LogP contribution in [0.25, 0.3) is 0 Å². The molecule has 2 aromatic carbocycles. The Morgan fingerprint density at radius 1 is 1.08 bits per heavy atom. The van der Waals surface area contributed by atoms with Gasteiger partial charge in [0, 0.05) is 6.42 Å². The Hall–Kier alpha value is -2.89. The molecule has 0 aliphatic rings. The number of carboxylic acid groups (broad SMARTS) is 1. The van der Waals surface area contributed by atoms with Crippen molar-refractivity contribution in [1.29, 1.82) is 0 Å². The van der Waals surface area contributed by atoms with Crippen molar-refractivity contribution in [2.45, 2.75) is 26.4 Å². The highest BCUT2D eigenvalue weighted by molar-refractivity contribution is 5.77. The van der Waals surface area contributed by atoms with E-state index in [-0.39, 0.29) is 37.6 Å². The van der Waals surface area contributed by atoms with Gasteiger partial charge in [0.15, 0.2) is 17.3 Å². The van der Waals surface area contributed by atoms with Crippen molar-refractivity contribution >= 4 is 11.8 Å². The third-order valence-corrected chi connectivity index (χ3v) is 3.36. The van der Waals surface area contributed by atoms with E-state index in [0.29, 0.717) is 11.3 Å². The van der Waals surface area contributed by atoms with Crippen LogP contribution in [-0.4, -0.2) is 23.5 Å². The zero-order valence-corrected chi connectivity index (χ0v) is 13.8. The number of rotatable bonds is 9. The zero-order valence-electron chi connectivity index (χ0n) is 13.8. The lowest BCUT2D eigenvalue weighted by Gasteiger charge is -2.10. The molecule has 0 heterocycles. The first-order valence-electron chi connectivity index (χ1n) is 7.78. The van der Waals surface area contributed by atoms with Gasteiger partial charge >= 0.3 is 5.97 Å². The van der Waals surface area contributed by atoms with Crippen molar-refractivity contribution in [3.8, 4) is 11.5 Å². The minimum Gasteiger partial charge on any atom is -0.486 e. The van der Waals surface area contributed by atoms with Gasteiger partial charge < -0.3 is 14.6 Å². The van der Waals surface area contributed by atoms with Crippen molar-refractivity contribution in [1.82, 2.24) is 0 Å². The molecular formula is C19H19FO5. The second kappa shape index (κ2) is 8.82. The highest BCUT2D eigenvalue weighted by Gasteiger charge is 2.07. The highest BCUT2D eigenvalue weighted by atomic mass is 19.1. The molecule has 0 amide bonds. The SMILES string of the molecule is CC(=O)COc1cccc(COc2ccc(CCC(=O)O)cc2F)c1. The predicted octanol–water partition coefficient (Wildman–Crippen LogP) is 3.39. The van der Waals surface area contributed by atoms with Gasteiger partial charge in [-0.05, 0) is 48.7 Å². The van der Waals surface area contributed by atoms with E-state index in [1.165, 1.54) is 19.1 Å². The highest BCUT2D eigenvalue weighted by Crippen LogP contribution is 2.21. The number of aryl methyl sites for hydroxylation is 1. The van der Waals surface area contributed by atoms with Crippen molar-refractivity contribution in [2.75, 3.05) is 6.61 Å². The van der Waals surface area contributed by atoms with Crippen molar-refractivity contribution in [3.05, 3.63) is 59.4 Å². The molecule has 0 fully saturated rings. The average Bonchev–Trinajstić information content (AvgIpc) is 2.57. The maximum atomic E-state index is 14.0. The Bertz CT molecular complexity index is 757. The van der Waals surface area contributed by atoms with Crippen LogP contribution in [0, 0.1) is 5.82 Å². The summed E-state index contributed by atoms with van der Waals surface area (Å²) in [6.45, 7) is 1.58. The van der Waals surface area contributed by atoms with Gasteiger partial charge in [-0.3, -0.25) is 9.59 Å². The molecule has 0 aromatic heterocycles. The van der Waals surface area contributed by atoms with Crippen LogP contribution >= 0.6 is 0 Å². The number of ketones is 1. The summed E-state index contributed by atoms with van der Waals surface area (Å²) in [5.74, 6) is -0.902. The summed E-state index contributed by atoms with van der Waals surface area (Å²) in [5, 5.41) is 8.65. The number of benzene rings is 2. The van der Waals surface area contributed by atoms with Crippen LogP contribution in [0.1, 0.15) is 24.5 Å². The average molecular weight is 346 g/mol. The fourth-order valence-corrected chi connectivity index (χ4v) is 2.14. The van der Waals surface area contributed by atoms with Gasteiger partial charge in [0.05, 0.1) is 0 Å². The van der Waals surface area contributed by atoms with E-state index in [1.807, 2.05) is 0 Å². The number of hydrogen-bond acceptors (Lipinski definition) is 4. The number of carbonyl (C=O) groups excluding carboxylic acids is 1. The monoisotopic (exact) mass is 346 g/mol. The summed E-state index contributed by atoms with van der Waals surface area (Å²) in [4.78, 5) is 21.5. The summed E-state index contributed by atoms with van der Waals surface area (Å²) >= 11 is 0. The lowest BCUT2D eigenvalue weighted by atomic mass is 10.1. The quantitative estimate of drug-likeness (QED) is 0.753. The van der Waals surface area contributed by atoms with Crippen LogP contribution in [0.5, 0.6) is 11.5 Å². The van der Waals surface area contributed by atoms with Gasteiger partial charge in [-0.1, -0.05) is 18.2 Å². The van der Waals surface area contributed by atoms with E-state index >= 15 is 0 Å². The number of halogens is 1. The Morgan fingerprint density at radius 3 is 2.56 bits per heavy atom. The van der Waals surface area contributed by atoms with E-state index in [2.05, 4.69) is 0 Å². The molecule has 5 nitrogen and oxygen atoms in total. The molecule has 0 aliphatic carbocycles. The second-order valence-corrected chi connectivity index (χ2v) is 5.59. The molecule has 2 aromatic rings. The van der Waals surface area contributed by atoms with E-state index in [9.17, 15) is 14.0 Å². The number of carboxylic acids is 1. The van der Waals surface area contributed by atoms with E-state index in [0.717, 1.165) is 5.56 Å². The summed E-state index contributed by atoms with van der Waals surface area (Å²) in [6, 6.07) is 11.4. The normalized spacial score (nSPS) is 10.3. The molecule has 25 heavy (non-hydrogen) atoms.